The molecule has 0 aliphatic rings. The number of nitrogens with zero attached hydrogens (tertiary/aromatic N) is 4. The van der Waals surface area contributed by atoms with Crippen molar-refractivity contribution >= 4 is 27.3 Å². The van der Waals surface area contributed by atoms with E-state index in [0.717, 1.165) is 26.1 Å². The number of Topliss-reactive ketones (excluding diaryl/α,β-unsaturated/α-hetero) is 1. The summed E-state index contributed by atoms with van der Waals surface area (Å²) in [7, 11) is 2.95. The van der Waals surface area contributed by atoms with Gasteiger partial charge in [-0.05, 0) is 41.3 Å². The predicted molar refractivity (Wildman–Crippen MR) is 167 cm³/mol. The zero-order valence-corrected chi connectivity index (χ0v) is 25.4. The number of aromatic nitrogens is 4. The first-order valence-corrected chi connectivity index (χ1v) is 14.8. The minimum atomic E-state index is -0.766. The van der Waals surface area contributed by atoms with Crippen LogP contribution in [-0.2, 0) is 19.5 Å². The van der Waals surface area contributed by atoms with Crippen molar-refractivity contribution in [2.24, 2.45) is 0 Å². The highest BCUT2D eigenvalue weighted by Gasteiger charge is 2.20. The van der Waals surface area contributed by atoms with Crippen LogP contribution in [-0.4, -0.2) is 39.3 Å². The molecule has 0 fully saturated rings. The normalized spacial score (nSPS) is 11.2. The lowest BCUT2D eigenvalue weighted by atomic mass is 9.98. The Kier molecular flexibility index (Phi) is 8.05. The first-order chi connectivity index (χ1) is 21.8. The lowest BCUT2D eigenvalue weighted by molar-refractivity contribution is -0.303. The highest BCUT2D eigenvalue weighted by atomic mass is 32.1. The molecule has 0 N–H and O–H groups in total. The van der Waals surface area contributed by atoms with E-state index < -0.39 is 29.7 Å². The molecule has 0 saturated carbocycles. The SMILES string of the molecule is CCc1cc2c(=O)n(CC(=O)c3cc(OC)cc(OC)c3)c(=O)n(Cc3ccc(-c4ccccc4-c4noc([O-])n4)cc3)c2s1. The highest BCUT2D eigenvalue weighted by Crippen LogP contribution is 2.31. The van der Waals surface area contributed by atoms with Crippen molar-refractivity contribution in [1.29, 1.82) is 0 Å². The van der Waals surface area contributed by atoms with E-state index in [-0.39, 0.29) is 17.9 Å². The Morgan fingerprint density at radius 1 is 0.933 bits per heavy atom. The van der Waals surface area contributed by atoms with Gasteiger partial charge in [-0.15, -0.1) is 11.3 Å². The molecule has 11 nitrogen and oxygen atoms in total. The molecular weight excluding hydrogens is 596 g/mol. The molecule has 45 heavy (non-hydrogen) atoms. The Morgan fingerprint density at radius 2 is 1.62 bits per heavy atom. The first-order valence-electron chi connectivity index (χ1n) is 14.0. The molecular formula is C33H27N4O7S-. The number of ketones is 1. The third-order valence-corrected chi connectivity index (χ3v) is 8.75. The molecule has 0 radical (unpaired) electrons. The van der Waals surface area contributed by atoms with Crippen molar-refractivity contribution in [3.05, 3.63) is 110 Å². The third kappa shape index (κ3) is 5.75. The maximum absolute atomic E-state index is 13.9. The van der Waals surface area contributed by atoms with Crippen LogP contribution in [0.15, 0.2) is 86.9 Å². The molecule has 228 valence electrons. The van der Waals surface area contributed by atoms with Crippen LogP contribution in [0.3, 0.4) is 0 Å². The van der Waals surface area contributed by atoms with Gasteiger partial charge in [0.1, 0.15) is 16.3 Å². The number of carbonyl (C=O) groups excluding carboxylic acids is 1. The number of thiophene rings is 1. The van der Waals surface area contributed by atoms with Crippen LogP contribution < -0.4 is 25.8 Å². The number of fused-ring (bicyclic) bond motifs is 1. The van der Waals surface area contributed by atoms with Gasteiger partial charge < -0.3 is 19.1 Å². The summed E-state index contributed by atoms with van der Waals surface area (Å²) < 4.78 is 17.7. The fourth-order valence-electron chi connectivity index (χ4n) is 5.13. The maximum Gasteiger partial charge on any atom is 0.332 e. The molecule has 0 saturated heterocycles. The van der Waals surface area contributed by atoms with Crippen LogP contribution in [0.2, 0.25) is 0 Å². The van der Waals surface area contributed by atoms with Gasteiger partial charge >= 0.3 is 5.69 Å². The zero-order valence-electron chi connectivity index (χ0n) is 24.6. The Hall–Kier alpha value is -5.49. The van der Waals surface area contributed by atoms with E-state index in [1.807, 2.05) is 49.4 Å². The number of rotatable bonds is 10. The average molecular weight is 624 g/mol. The second-order valence-corrected chi connectivity index (χ2v) is 11.3. The van der Waals surface area contributed by atoms with Gasteiger partial charge in [-0.3, -0.25) is 18.7 Å². The van der Waals surface area contributed by atoms with Crippen LogP contribution in [0.1, 0.15) is 27.7 Å². The second kappa shape index (κ2) is 12.2. The molecule has 3 heterocycles. The zero-order chi connectivity index (χ0) is 31.7. The van der Waals surface area contributed by atoms with Crippen molar-refractivity contribution in [2.75, 3.05) is 14.2 Å². The summed E-state index contributed by atoms with van der Waals surface area (Å²) in [4.78, 5) is 46.2. The predicted octanol–water partition coefficient (Wildman–Crippen LogP) is 4.53. The molecule has 0 spiro atoms. The van der Waals surface area contributed by atoms with E-state index in [9.17, 15) is 19.5 Å². The molecule has 0 bridgehead atoms. The summed E-state index contributed by atoms with van der Waals surface area (Å²) in [6, 6.07) is 21.5. The Labute approximate surface area is 260 Å². The summed E-state index contributed by atoms with van der Waals surface area (Å²) in [5.74, 6) is 0.600. The number of ether oxygens (including phenoxy) is 2. The number of hydrogen-bond acceptors (Lipinski definition) is 10. The number of hydrogen-bond donors (Lipinski definition) is 0. The average Bonchev–Trinajstić information content (AvgIpc) is 3.71. The molecule has 3 aromatic carbocycles. The van der Waals surface area contributed by atoms with Gasteiger partial charge in [0, 0.05) is 22.1 Å². The van der Waals surface area contributed by atoms with Crippen LogP contribution in [0, 0.1) is 0 Å². The van der Waals surface area contributed by atoms with Gasteiger partial charge in [-0.2, -0.15) is 5.16 Å². The van der Waals surface area contributed by atoms with Crippen LogP contribution in [0.4, 0.5) is 0 Å². The summed E-state index contributed by atoms with van der Waals surface area (Å²) in [5.41, 5.74) is 2.26. The monoisotopic (exact) mass is 623 g/mol. The molecule has 0 aliphatic carbocycles. The lowest BCUT2D eigenvalue weighted by Gasteiger charge is -2.13. The van der Waals surface area contributed by atoms with Crippen molar-refractivity contribution in [3.8, 4) is 40.1 Å². The Morgan fingerprint density at radius 3 is 2.24 bits per heavy atom. The molecule has 6 rings (SSSR count). The molecule has 0 unspecified atom stereocenters. The van der Waals surface area contributed by atoms with Gasteiger partial charge in [0.2, 0.25) is 0 Å². The van der Waals surface area contributed by atoms with Gasteiger partial charge in [0.25, 0.3) is 5.56 Å². The van der Waals surface area contributed by atoms with Crippen molar-refractivity contribution in [2.45, 2.75) is 26.4 Å². The number of aryl methyl sites for hydroxylation is 1. The second-order valence-electron chi connectivity index (χ2n) is 10.2. The first kappa shape index (κ1) is 29.6. The molecule has 0 atom stereocenters. The third-order valence-electron chi connectivity index (χ3n) is 7.45. The summed E-state index contributed by atoms with van der Waals surface area (Å²) >= 11 is 1.39. The Balaban J connectivity index is 1.37. The Bertz CT molecular complexity index is 2140. The molecule has 12 heteroatoms. The van der Waals surface area contributed by atoms with Crippen molar-refractivity contribution < 1.29 is 23.9 Å². The molecule has 6 aromatic rings. The maximum atomic E-state index is 13.9. The highest BCUT2D eigenvalue weighted by molar-refractivity contribution is 7.18. The van der Waals surface area contributed by atoms with Crippen LogP contribution in [0.25, 0.3) is 32.7 Å². The molecule has 0 aliphatic heterocycles. The quantitative estimate of drug-likeness (QED) is 0.201. The fourth-order valence-corrected chi connectivity index (χ4v) is 6.21. The summed E-state index contributed by atoms with van der Waals surface area (Å²) in [5, 5.41) is 15.6. The van der Waals surface area contributed by atoms with Gasteiger partial charge in [0.15, 0.2) is 17.7 Å². The van der Waals surface area contributed by atoms with E-state index in [1.54, 1.807) is 30.3 Å². The molecule has 0 amide bonds. The lowest BCUT2D eigenvalue weighted by Crippen LogP contribution is -2.41. The number of methoxy groups -OCH3 is 2. The van der Waals surface area contributed by atoms with E-state index in [2.05, 4.69) is 14.7 Å². The largest absolute Gasteiger partial charge is 0.528 e. The van der Waals surface area contributed by atoms with E-state index >= 15 is 0 Å². The summed E-state index contributed by atoms with van der Waals surface area (Å²) in [6.07, 6.45) is -0.0735. The number of carbonyl (C=O) groups is 1. The smallest absolute Gasteiger partial charge is 0.332 e. The van der Waals surface area contributed by atoms with Gasteiger partial charge in [0.05, 0.1) is 32.7 Å². The fraction of sp³-hybridized carbons (Fsp3) is 0.182. The van der Waals surface area contributed by atoms with Crippen LogP contribution in [0.5, 0.6) is 17.6 Å². The van der Waals surface area contributed by atoms with Gasteiger partial charge in [-0.25, -0.2) is 9.78 Å². The minimum absolute atomic E-state index is 0.173. The van der Waals surface area contributed by atoms with Crippen LogP contribution >= 0.6 is 11.3 Å². The van der Waals surface area contributed by atoms with Crippen molar-refractivity contribution in [1.82, 2.24) is 19.3 Å². The summed E-state index contributed by atoms with van der Waals surface area (Å²) in [6.45, 7) is 1.71. The minimum Gasteiger partial charge on any atom is -0.528 e. The number of benzene rings is 3. The standard InChI is InChI=1S/C33H28N4O7S/c1-4-24-16-27-30(39)36(18-28(38)21-13-22(42-2)15-23(14-21)43-3)33(41)37(31(27)45-24)17-19-9-11-20(12-10-19)25-7-5-6-8-26(25)29-34-32(40)44-35-29/h5-16H,4,17-18H2,1-3H3,(H,34,35,40)/p-1. The van der Waals surface area contributed by atoms with E-state index in [1.165, 1.54) is 30.1 Å². The van der Waals surface area contributed by atoms with Crippen molar-refractivity contribution in [3.63, 3.8) is 0 Å². The molecule has 3 aromatic heterocycles. The van der Waals surface area contributed by atoms with Gasteiger partial charge in [-0.1, -0.05) is 55.5 Å². The van der Waals surface area contributed by atoms with E-state index in [4.69, 9.17) is 9.47 Å². The van der Waals surface area contributed by atoms with E-state index in [0.29, 0.717) is 33.7 Å². The topological polar surface area (TPSA) is 142 Å².